The lowest BCUT2D eigenvalue weighted by atomic mass is 10.1. The van der Waals surface area contributed by atoms with Gasteiger partial charge in [-0.25, -0.2) is 5.01 Å². The van der Waals surface area contributed by atoms with Gasteiger partial charge in [-0.05, 0) is 49.9 Å². The summed E-state index contributed by atoms with van der Waals surface area (Å²) in [6.07, 6.45) is 1.85. The topological polar surface area (TPSA) is 32.7 Å². The number of anilines is 1. The second kappa shape index (κ2) is 5.64. The van der Waals surface area contributed by atoms with Crippen molar-refractivity contribution >= 4 is 5.69 Å². The molecule has 0 aromatic heterocycles. The molecule has 3 nitrogen and oxygen atoms in total. The van der Waals surface area contributed by atoms with Crippen LogP contribution in [-0.2, 0) is 0 Å². The SMILES string of the molecule is CCC(CC)N(N=O)c1ccc(C)c(C)c1. The molecule has 0 aliphatic carbocycles. The van der Waals surface area contributed by atoms with Crippen LogP contribution < -0.4 is 5.01 Å². The second-order valence-corrected chi connectivity index (χ2v) is 4.17. The maximum Gasteiger partial charge on any atom is 0.0632 e. The number of benzene rings is 1. The number of rotatable bonds is 5. The third-order valence-corrected chi connectivity index (χ3v) is 3.13. The number of nitrogens with zero attached hydrogens (tertiary/aromatic N) is 2. The van der Waals surface area contributed by atoms with Crippen LogP contribution in [0.1, 0.15) is 37.8 Å². The minimum absolute atomic E-state index is 0.194. The molecule has 0 aliphatic rings. The van der Waals surface area contributed by atoms with Crippen LogP contribution in [0, 0.1) is 18.8 Å². The number of hydrogen-bond acceptors (Lipinski definition) is 2. The Kier molecular flexibility index (Phi) is 4.47. The van der Waals surface area contributed by atoms with E-state index in [-0.39, 0.29) is 6.04 Å². The van der Waals surface area contributed by atoms with Gasteiger partial charge in [-0.1, -0.05) is 19.9 Å². The van der Waals surface area contributed by atoms with Crippen LogP contribution in [0.15, 0.2) is 23.5 Å². The van der Waals surface area contributed by atoms with Gasteiger partial charge in [-0.3, -0.25) is 0 Å². The highest BCUT2D eigenvalue weighted by atomic mass is 16.3. The van der Waals surface area contributed by atoms with E-state index in [0.29, 0.717) is 0 Å². The van der Waals surface area contributed by atoms with E-state index in [2.05, 4.69) is 33.0 Å². The largest absolute Gasteiger partial charge is 0.226 e. The number of aryl methyl sites for hydroxylation is 2. The Bertz CT molecular complexity index is 359. The van der Waals surface area contributed by atoms with Crippen molar-refractivity contribution in [2.75, 3.05) is 5.01 Å². The average Bonchev–Trinajstić information content (AvgIpc) is 2.29. The molecular weight excluding hydrogens is 200 g/mol. The highest BCUT2D eigenvalue weighted by Crippen LogP contribution is 2.23. The molecule has 0 radical (unpaired) electrons. The molecule has 0 saturated heterocycles. The van der Waals surface area contributed by atoms with Crippen LogP contribution in [0.25, 0.3) is 0 Å². The quantitative estimate of drug-likeness (QED) is 0.555. The molecular formula is C13H20N2O. The van der Waals surface area contributed by atoms with Crippen molar-refractivity contribution in [3.63, 3.8) is 0 Å². The van der Waals surface area contributed by atoms with Gasteiger partial charge in [0.25, 0.3) is 0 Å². The molecule has 0 bridgehead atoms. The van der Waals surface area contributed by atoms with Gasteiger partial charge < -0.3 is 0 Å². The number of hydrogen-bond donors (Lipinski definition) is 0. The van der Waals surface area contributed by atoms with Crippen molar-refractivity contribution in [3.8, 4) is 0 Å². The summed E-state index contributed by atoms with van der Waals surface area (Å²) in [5.74, 6) is 0. The lowest BCUT2D eigenvalue weighted by Crippen LogP contribution is -2.29. The smallest absolute Gasteiger partial charge is 0.0632 e. The zero-order chi connectivity index (χ0) is 12.1. The third-order valence-electron chi connectivity index (χ3n) is 3.13. The third kappa shape index (κ3) is 2.60. The molecule has 16 heavy (non-hydrogen) atoms. The lowest BCUT2D eigenvalue weighted by Gasteiger charge is -2.24. The molecule has 0 heterocycles. The molecule has 0 saturated carbocycles. The predicted octanol–water partition coefficient (Wildman–Crippen LogP) is 3.98. The molecule has 3 heteroatoms. The number of nitroso groups, excluding NO2 is 1. The van der Waals surface area contributed by atoms with Crippen LogP contribution in [-0.4, -0.2) is 6.04 Å². The predicted molar refractivity (Wildman–Crippen MR) is 68.6 cm³/mol. The van der Waals surface area contributed by atoms with Crippen molar-refractivity contribution in [1.82, 2.24) is 0 Å². The summed E-state index contributed by atoms with van der Waals surface area (Å²) >= 11 is 0. The highest BCUT2D eigenvalue weighted by molar-refractivity contribution is 5.50. The zero-order valence-corrected chi connectivity index (χ0v) is 10.5. The Morgan fingerprint density at radius 3 is 2.25 bits per heavy atom. The molecule has 0 spiro atoms. The summed E-state index contributed by atoms with van der Waals surface area (Å²) in [6, 6.07) is 6.21. The second-order valence-electron chi connectivity index (χ2n) is 4.17. The molecule has 1 rings (SSSR count). The van der Waals surface area contributed by atoms with E-state index in [0.717, 1.165) is 18.5 Å². The van der Waals surface area contributed by atoms with E-state index < -0.39 is 0 Å². The first kappa shape index (κ1) is 12.7. The molecule has 1 aromatic carbocycles. The molecule has 0 amide bonds. The molecule has 0 unspecified atom stereocenters. The molecule has 1 aromatic rings. The monoisotopic (exact) mass is 220 g/mol. The van der Waals surface area contributed by atoms with Crippen molar-refractivity contribution in [2.45, 2.75) is 46.6 Å². The van der Waals surface area contributed by atoms with E-state index >= 15 is 0 Å². The van der Waals surface area contributed by atoms with Gasteiger partial charge in [-0.2, -0.15) is 0 Å². The van der Waals surface area contributed by atoms with Crippen molar-refractivity contribution in [2.24, 2.45) is 5.29 Å². The van der Waals surface area contributed by atoms with E-state index in [1.54, 1.807) is 5.01 Å². The van der Waals surface area contributed by atoms with Gasteiger partial charge >= 0.3 is 0 Å². The Balaban J connectivity index is 3.03. The molecule has 0 N–H and O–H groups in total. The van der Waals surface area contributed by atoms with Gasteiger partial charge in [0.15, 0.2) is 0 Å². The maximum absolute atomic E-state index is 10.9. The van der Waals surface area contributed by atoms with Gasteiger partial charge in [-0.15, -0.1) is 4.91 Å². The fourth-order valence-electron chi connectivity index (χ4n) is 1.83. The van der Waals surface area contributed by atoms with E-state index in [4.69, 9.17) is 0 Å². The van der Waals surface area contributed by atoms with E-state index in [1.807, 2.05) is 18.2 Å². The van der Waals surface area contributed by atoms with Gasteiger partial charge in [0, 0.05) is 0 Å². The first-order chi connectivity index (χ1) is 7.63. The first-order valence-corrected chi connectivity index (χ1v) is 5.83. The summed E-state index contributed by atoms with van der Waals surface area (Å²) in [6.45, 7) is 8.27. The van der Waals surface area contributed by atoms with Gasteiger partial charge in [0.05, 0.1) is 17.0 Å². The van der Waals surface area contributed by atoms with Crippen LogP contribution in [0.3, 0.4) is 0 Å². The van der Waals surface area contributed by atoms with Crippen LogP contribution in [0.5, 0.6) is 0 Å². The average molecular weight is 220 g/mol. The van der Waals surface area contributed by atoms with Crippen molar-refractivity contribution in [1.29, 1.82) is 0 Å². The summed E-state index contributed by atoms with van der Waals surface area (Å²) < 4.78 is 0. The van der Waals surface area contributed by atoms with Crippen molar-refractivity contribution < 1.29 is 0 Å². The summed E-state index contributed by atoms with van der Waals surface area (Å²) in [5.41, 5.74) is 3.32. The Hall–Kier alpha value is -1.38. The van der Waals surface area contributed by atoms with E-state index in [9.17, 15) is 4.91 Å². The minimum atomic E-state index is 0.194. The zero-order valence-electron chi connectivity index (χ0n) is 10.5. The lowest BCUT2D eigenvalue weighted by molar-refractivity contribution is 0.567. The minimum Gasteiger partial charge on any atom is -0.226 e. The van der Waals surface area contributed by atoms with Crippen LogP contribution in [0.4, 0.5) is 5.69 Å². The molecule has 0 fully saturated rings. The normalized spacial score (nSPS) is 10.6. The summed E-state index contributed by atoms with van der Waals surface area (Å²) in [4.78, 5) is 10.9. The van der Waals surface area contributed by atoms with Crippen LogP contribution >= 0.6 is 0 Å². The van der Waals surface area contributed by atoms with Crippen LogP contribution in [0.2, 0.25) is 0 Å². The van der Waals surface area contributed by atoms with Gasteiger partial charge in [0.1, 0.15) is 0 Å². The Morgan fingerprint density at radius 2 is 1.81 bits per heavy atom. The standard InChI is InChI=1S/C13H20N2O/c1-5-12(6-2)15(14-16)13-8-7-10(3)11(4)9-13/h7-9,12H,5-6H2,1-4H3. The Morgan fingerprint density at radius 1 is 1.19 bits per heavy atom. The van der Waals surface area contributed by atoms with E-state index in [1.165, 1.54) is 11.1 Å². The fourth-order valence-corrected chi connectivity index (χ4v) is 1.83. The summed E-state index contributed by atoms with van der Waals surface area (Å²) in [7, 11) is 0. The molecule has 0 aliphatic heterocycles. The first-order valence-electron chi connectivity index (χ1n) is 5.83. The summed E-state index contributed by atoms with van der Waals surface area (Å²) in [5, 5.41) is 4.74. The molecule has 88 valence electrons. The molecule has 0 atom stereocenters. The highest BCUT2D eigenvalue weighted by Gasteiger charge is 2.16. The fraction of sp³-hybridized carbons (Fsp3) is 0.538. The Labute approximate surface area is 97.4 Å². The van der Waals surface area contributed by atoms with Gasteiger partial charge in [0.2, 0.25) is 0 Å². The maximum atomic E-state index is 10.9. The van der Waals surface area contributed by atoms with Crippen molar-refractivity contribution in [3.05, 3.63) is 34.2 Å².